The number of anilines is 1. The summed E-state index contributed by atoms with van der Waals surface area (Å²) in [5.41, 5.74) is 1.30. The molecule has 4 rings (SSSR count). The second-order valence-electron chi connectivity index (χ2n) is 7.64. The predicted molar refractivity (Wildman–Crippen MR) is 120 cm³/mol. The number of hydrogen-bond donors (Lipinski definition) is 1. The fourth-order valence-corrected chi connectivity index (χ4v) is 4.65. The normalized spacial score (nSPS) is 16.9. The van der Waals surface area contributed by atoms with Gasteiger partial charge in [0.15, 0.2) is 10.9 Å². The second-order valence-corrected chi connectivity index (χ2v) is 8.76. The molecule has 1 aliphatic rings. The Labute approximate surface area is 180 Å². The van der Waals surface area contributed by atoms with Crippen LogP contribution in [0.2, 0.25) is 0 Å². The topological polar surface area (TPSA) is 62.3 Å². The Bertz CT molecular complexity index is 1030. The van der Waals surface area contributed by atoms with E-state index < -0.39 is 0 Å². The predicted octanol–water partition coefficient (Wildman–Crippen LogP) is 5.00. The Kier molecular flexibility index (Phi) is 6.35. The van der Waals surface area contributed by atoms with Crippen LogP contribution in [0.3, 0.4) is 0 Å². The first-order valence-corrected chi connectivity index (χ1v) is 11.1. The molecule has 1 amide bonds. The molecular formula is C24H25N3O2S. The second kappa shape index (κ2) is 9.32. The van der Waals surface area contributed by atoms with E-state index in [4.69, 9.17) is 0 Å². The van der Waals surface area contributed by atoms with Crippen LogP contribution in [0.5, 0.6) is 0 Å². The fraction of sp³-hybridized carbons (Fsp3) is 0.292. The fourth-order valence-electron chi connectivity index (χ4n) is 3.82. The quantitative estimate of drug-likeness (QED) is 0.571. The minimum absolute atomic E-state index is 0.166. The van der Waals surface area contributed by atoms with Gasteiger partial charge in [-0.1, -0.05) is 55.0 Å². The smallest absolute Gasteiger partial charge is 0.258 e. The lowest BCUT2D eigenvalue weighted by molar-refractivity contribution is 0.0996. The van der Waals surface area contributed by atoms with Crippen molar-refractivity contribution in [2.45, 2.75) is 38.8 Å². The molecule has 0 spiro atoms. The van der Waals surface area contributed by atoms with Crippen molar-refractivity contribution in [2.75, 3.05) is 11.9 Å². The summed E-state index contributed by atoms with van der Waals surface area (Å²) in [5, 5.41) is 3.43. The summed E-state index contributed by atoms with van der Waals surface area (Å²) in [4.78, 5) is 33.8. The lowest BCUT2D eigenvalue weighted by atomic mass is 9.98. The minimum Gasteiger partial charge on any atom is -0.298 e. The first kappa shape index (κ1) is 20.4. The van der Waals surface area contributed by atoms with E-state index in [1.165, 1.54) is 30.6 Å². The van der Waals surface area contributed by atoms with Gasteiger partial charge in [-0.2, -0.15) is 0 Å². The minimum atomic E-state index is -0.317. The number of piperidine rings is 1. The van der Waals surface area contributed by atoms with E-state index in [0.717, 1.165) is 18.0 Å². The van der Waals surface area contributed by atoms with Crippen molar-refractivity contribution in [3.63, 3.8) is 0 Å². The third kappa shape index (κ3) is 4.66. The van der Waals surface area contributed by atoms with E-state index in [-0.39, 0.29) is 11.7 Å². The molecule has 1 unspecified atom stereocenters. The van der Waals surface area contributed by atoms with Gasteiger partial charge in [0.25, 0.3) is 5.91 Å². The molecule has 1 atom stereocenters. The van der Waals surface area contributed by atoms with E-state index in [1.54, 1.807) is 36.4 Å². The monoisotopic (exact) mass is 419 g/mol. The van der Waals surface area contributed by atoms with Gasteiger partial charge in [0.05, 0.1) is 5.56 Å². The number of nitrogens with one attached hydrogen (secondary N) is 1. The maximum Gasteiger partial charge on any atom is 0.258 e. The number of rotatable bonds is 6. The third-order valence-electron chi connectivity index (χ3n) is 5.53. The lowest BCUT2D eigenvalue weighted by Gasteiger charge is -2.32. The number of aromatic nitrogens is 1. The Morgan fingerprint density at radius 1 is 1.07 bits per heavy atom. The Hall–Kier alpha value is -2.83. The number of ketones is 1. The molecule has 1 aliphatic heterocycles. The number of hydrogen-bond acceptors (Lipinski definition) is 5. The number of likely N-dealkylation sites (tertiary alicyclic amines) is 1. The standard InChI is InChI=1S/C24H25N3O2S/c1-17-9-7-8-14-27(17)16-19-15-25-24(30-19)26-23(29)21-13-6-5-12-20(21)22(28)18-10-3-2-4-11-18/h2-6,10-13,15,17H,7-9,14,16H2,1H3,(H,25,26,29). The lowest BCUT2D eigenvalue weighted by Crippen LogP contribution is -2.36. The van der Waals surface area contributed by atoms with Gasteiger partial charge >= 0.3 is 0 Å². The van der Waals surface area contributed by atoms with E-state index in [2.05, 4.69) is 22.1 Å². The zero-order valence-electron chi connectivity index (χ0n) is 17.0. The van der Waals surface area contributed by atoms with Gasteiger partial charge < -0.3 is 0 Å². The third-order valence-corrected chi connectivity index (χ3v) is 6.42. The van der Waals surface area contributed by atoms with Gasteiger partial charge in [-0.05, 0) is 32.4 Å². The summed E-state index contributed by atoms with van der Waals surface area (Å²) in [6.07, 6.45) is 5.60. The molecule has 0 bridgehead atoms. The van der Waals surface area contributed by atoms with Gasteiger partial charge in [-0.25, -0.2) is 4.98 Å². The Morgan fingerprint density at radius 3 is 2.57 bits per heavy atom. The van der Waals surface area contributed by atoms with E-state index in [0.29, 0.717) is 27.9 Å². The number of thiazole rings is 1. The van der Waals surface area contributed by atoms with Crippen LogP contribution >= 0.6 is 11.3 Å². The maximum atomic E-state index is 12.9. The van der Waals surface area contributed by atoms with E-state index in [9.17, 15) is 9.59 Å². The molecular weight excluding hydrogens is 394 g/mol. The number of carbonyl (C=O) groups excluding carboxylic acids is 2. The average Bonchev–Trinajstić information content (AvgIpc) is 3.22. The summed E-state index contributed by atoms with van der Waals surface area (Å²) in [7, 11) is 0. The number of amides is 1. The summed E-state index contributed by atoms with van der Waals surface area (Å²) in [6, 6.07) is 16.5. The zero-order chi connectivity index (χ0) is 20.9. The van der Waals surface area contributed by atoms with Gasteiger partial charge in [-0.3, -0.25) is 19.8 Å². The molecule has 1 N–H and O–H groups in total. The van der Waals surface area contributed by atoms with Crippen LogP contribution < -0.4 is 5.32 Å². The molecule has 0 radical (unpaired) electrons. The molecule has 2 heterocycles. The maximum absolute atomic E-state index is 12.9. The van der Waals surface area contributed by atoms with E-state index >= 15 is 0 Å². The highest BCUT2D eigenvalue weighted by atomic mass is 32.1. The van der Waals surface area contributed by atoms with Crippen LogP contribution in [0, 0.1) is 0 Å². The van der Waals surface area contributed by atoms with Gasteiger partial charge in [-0.15, -0.1) is 11.3 Å². The Morgan fingerprint density at radius 2 is 1.80 bits per heavy atom. The zero-order valence-corrected chi connectivity index (χ0v) is 17.8. The van der Waals surface area contributed by atoms with E-state index in [1.807, 2.05) is 24.4 Å². The summed E-state index contributed by atoms with van der Waals surface area (Å²) >= 11 is 1.49. The molecule has 2 aromatic carbocycles. The number of nitrogens with zero attached hydrogens (tertiary/aromatic N) is 2. The molecule has 30 heavy (non-hydrogen) atoms. The van der Waals surface area contributed by atoms with Crippen molar-refractivity contribution in [1.82, 2.24) is 9.88 Å². The summed E-state index contributed by atoms with van der Waals surface area (Å²) in [5.74, 6) is -0.484. The van der Waals surface area contributed by atoms with Gasteiger partial charge in [0.1, 0.15) is 0 Å². The first-order valence-electron chi connectivity index (χ1n) is 10.3. The highest BCUT2D eigenvalue weighted by Crippen LogP contribution is 2.25. The molecule has 1 fully saturated rings. The highest BCUT2D eigenvalue weighted by Gasteiger charge is 2.21. The van der Waals surface area contributed by atoms with Crippen molar-refractivity contribution in [3.05, 3.63) is 82.4 Å². The van der Waals surface area contributed by atoms with Crippen molar-refractivity contribution < 1.29 is 9.59 Å². The average molecular weight is 420 g/mol. The molecule has 5 nitrogen and oxygen atoms in total. The van der Waals surface area contributed by atoms with Crippen LogP contribution in [0.25, 0.3) is 0 Å². The first-order chi connectivity index (χ1) is 14.6. The van der Waals surface area contributed by atoms with Crippen LogP contribution in [0.4, 0.5) is 5.13 Å². The highest BCUT2D eigenvalue weighted by molar-refractivity contribution is 7.15. The van der Waals surface area contributed by atoms with Crippen LogP contribution in [-0.4, -0.2) is 34.2 Å². The van der Waals surface area contributed by atoms with Crippen LogP contribution in [-0.2, 0) is 6.54 Å². The molecule has 3 aromatic rings. The summed E-state index contributed by atoms with van der Waals surface area (Å²) in [6.45, 7) is 4.23. The van der Waals surface area contributed by atoms with Gasteiger partial charge in [0.2, 0.25) is 0 Å². The summed E-state index contributed by atoms with van der Waals surface area (Å²) < 4.78 is 0. The van der Waals surface area contributed by atoms with Crippen molar-refractivity contribution in [2.24, 2.45) is 0 Å². The molecule has 1 saturated heterocycles. The number of carbonyl (C=O) groups is 2. The molecule has 6 heteroatoms. The van der Waals surface area contributed by atoms with Crippen molar-refractivity contribution in [1.29, 1.82) is 0 Å². The molecule has 0 aliphatic carbocycles. The van der Waals surface area contributed by atoms with Crippen LogP contribution in [0.15, 0.2) is 60.8 Å². The van der Waals surface area contributed by atoms with Gasteiger partial charge in [0, 0.05) is 34.8 Å². The SMILES string of the molecule is CC1CCCCN1Cc1cnc(NC(=O)c2ccccc2C(=O)c2ccccc2)s1. The van der Waals surface area contributed by atoms with Crippen LogP contribution in [0.1, 0.15) is 57.3 Å². The van der Waals surface area contributed by atoms with Crippen molar-refractivity contribution >= 4 is 28.2 Å². The molecule has 1 aromatic heterocycles. The molecule has 0 saturated carbocycles. The molecule has 154 valence electrons. The largest absolute Gasteiger partial charge is 0.298 e. The number of benzene rings is 2. The Balaban J connectivity index is 1.47. The van der Waals surface area contributed by atoms with Crippen molar-refractivity contribution in [3.8, 4) is 0 Å².